The number of nitrogens with one attached hydrogen (secondary N) is 2. The third-order valence-electron chi connectivity index (χ3n) is 3.67. The summed E-state index contributed by atoms with van der Waals surface area (Å²) in [6.45, 7) is 2.36. The Labute approximate surface area is 160 Å². The first kappa shape index (κ1) is 21.5. The second-order valence-corrected chi connectivity index (χ2v) is 5.80. The van der Waals surface area contributed by atoms with Gasteiger partial charge in [-0.15, -0.1) is 13.2 Å². The minimum absolute atomic E-state index is 0.0613. The van der Waals surface area contributed by atoms with Crippen LogP contribution in [-0.2, 0) is 6.54 Å². The van der Waals surface area contributed by atoms with Crippen molar-refractivity contribution in [3.05, 3.63) is 65.5 Å². The number of guanidine groups is 1. The number of halogens is 4. The van der Waals surface area contributed by atoms with Crippen LogP contribution in [-0.4, -0.2) is 30.5 Å². The molecule has 0 aliphatic rings. The normalized spacial score (nSPS) is 13.1. The molecule has 2 aromatic carbocycles. The highest BCUT2D eigenvalue weighted by molar-refractivity contribution is 5.79. The maximum absolute atomic E-state index is 13.0. The molecule has 0 fully saturated rings. The minimum atomic E-state index is -4.79. The Morgan fingerprint density at radius 1 is 1.11 bits per heavy atom. The number of aliphatic hydroxyl groups is 1. The lowest BCUT2D eigenvalue weighted by molar-refractivity contribution is -0.274. The summed E-state index contributed by atoms with van der Waals surface area (Å²) >= 11 is 0. The van der Waals surface area contributed by atoms with Crippen molar-refractivity contribution in [2.45, 2.75) is 25.9 Å². The van der Waals surface area contributed by atoms with Gasteiger partial charge in [0.15, 0.2) is 5.96 Å². The summed E-state index contributed by atoms with van der Waals surface area (Å²) < 4.78 is 54.5. The Morgan fingerprint density at radius 3 is 2.43 bits per heavy atom. The van der Waals surface area contributed by atoms with Crippen LogP contribution in [0.3, 0.4) is 0 Å². The third-order valence-corrected chi connectivity index (χ3v) is 3.67. The number of para-hydroxylation sites is 1. The van der Waals surface area contributed by atoms with Gasteiger partial charge in [0.05, 0.1) is 12.6 Å². The van der Waals surface area contributed by atoms with Crippen LogP contribution < -0.4 is 15.4 Å². The van der Waals surface area contributed by atoms with Gasteiger partial charge in [-0.25, -0.2) is 9.38 Å². The molecule has 0 aliphatic carbocycles. The summed E-state index contributed by atoms with van der Waals surface area (Å²) in [5, 5.41) is 16.0. The zero-order valence-corrected chi connectivity index (χ0v) is 15.1. The molecule has 1 atom stereocenters. The highest BCUT2D eigenvalue weighted by atomic mass is 19.4. The lowest BCUT2D eigenvalue weighted by Gasteiger charge is -2.16. The van der Waals surface area contributed by atoms with E-state index in [2.05, 4.69) is 20.4 Å². The minimum Gasteiger partial charge on any atom is -0.405 e. The van der Waals surface area contributed by atoms with Crippen LogP contribution in [0.1, 0.15) is 24.2 Å². The maximum Gasteiger partial charge on any atom is 0.573 e. The molecule has 2 rings (SSSR count). The van der Waals surface area contributed by atoms with Crippen molar-refractivity contribution in [3.8, 4) is 5.75 Å². The SMILES string of the molecule is CCNC(=NCc1ccccc1OC(F)(F)F)NCC(O)c1ccc(F)cc1. The summed E-state index contributed by atoms with van der Waals surface area (Å²) in [6, 6.07) is 11.2. The van der Waals surface area contributed by atoms with Crippen LogP contribution >= 0.6 is 0 Å². The van der Waals surface area contributed by atoms with Gasteiger partial charge in [-0.3, -0.25) is 0 Å². The summed E-state index contributed by atoms with van der Waals surface area (Å²) in [4.78, 5) is 4.23. The summed E-state index contributed by atoms with van der Waals surface area (Å²) in [6.07, 6.45) is -5.70. The van der Waals surface area contributed by atoms with Crippen molar-refractivity contribution in [1.29, 1.82) is 0 Å². The van der Waals surface area contributed by atoms with Crippen LogP contribution in [0.4, 0.5) is 17.6 Å². The second-order valence-electron chi connectivity index (χ2n) is 5.80. The molecule has 152 valence electrons. The first-order chi connectivity index (χ1) is 13.3. The number of aliphatic hydroxyl groups excluding tert-OH is 1. The standard InChI is InChI=1S/C19H21F4N3O2/c1-2-24-18(26-12-16(27)13-7-9-15(20)10-8-13)25-11-14-5-3-4-6-17(14)28-19(21,22)23/h3-10,16,27H,2,11-12H2,1H3,(H2,24,25,26). The molecule has 0 saturated carbocycles. The number of aliphatic imine (C=N–C) groups is 1. The van der Waals surface area contributed by atoms with Crippen molar-refractivity contribution >= 4 is 5.96 Å². The zero-order chi connectivity index (χ0) is 20.6. The molecule has 0 radical (unpaired) electrons. The topological polar surface area (TPSA) is 65.9 Å². The van der Waals surface area contributed by atoms with E-state index in [-0.39, 0.29) is 24.4 Å². The first-order valence-corrected chi connectivity index (χ1v) is 8.58. The zero-order valence-electron chi connectivity index (χ0n) is 15.1. The van der Waals surface area contributed by atoms with Gasteiger partial charge < -0.3 is 20.5 Å². The summed E-state index contributed by atoms with van der Waals surface area (Å²) in [5.74, 6) is -0.412. The molecule has 0 bridgehead atoms. The number of nitrogens with zero attached hydrogens (tertiary/aromatic N) is 1. The van der Waals surface area contributed by atoms with Gasteiger partial charge in [0, 0.05) is 18.7 Å². The first-order valence-electron chi connectivity index (χ1n) is 8.58. The van der Waals surface area contributed by atoms with Crippen molar-refractivity contribution in [3.63, 3.8) is 0 Å². The van der Waals surface area contributed by atoms with Crippen molar-refractivity contribution < 1.29 is 27.4 Å². The van der Waals surface area contributed by atoms with E-state index in [0.717, 1.165) is 0 Å². The highest BCUT2D eigenvalue weighted by Crippen LogP contribution is 2.26. The molecule has 3 N–H and O–H groups in total. The van der Waals surface area contributed by atoms with E-state index < -0.39 is 18.3 Å². The summed E-state index contributed by atoms with van der Waals surface area (Å²) in [5.41, 5.74) is 0.782. The van der Waals surface area contributed by atoms with Gasteiger partial charge in [-0.05, 0) is 30.7 Å². The fraction of sp³-hybridized carbons (Fsp3) is 0.316. The second kappa shape index (κ2) is 9.93. The lowest BCUT2D eigenvalue weighted by atomic mass is 10.1. The van der Waals surface area contributed by atoms with Crippen LogP contribution in [0.5, 0.6) is 5.75 Å². The van der Waals surface area contributed by atoms with Crippen molar-refractivity contribution in [2.75, 3.05) is 13.1 Å². The van der Waals surface area contributed by atoms with Gasteiger partial charge in [0.2, 0.25) is 0 Å². The van der Waals surface area contributed by atoms with E-state index in [1.54, 1.807) is 6.07 Å². The molecule has 0 amide bonds. The maximum atomic E-state index is 13.0. The quantitative estimate of drug-likeness (QED) is 0.379. The lowest BCUT2D eigenvalue weighted by Crippen LogP contribution is -2.39. The number of alkyl halides is 3. The van der Waals surface area contributed by atoms with Crippen LogP contribution in [0.25, 0.3) is 0 Å². The Balaban J connectivity index is 2.03. The Bertz CT molecular complexity index is 779. The van der Waals surface area contributed by atoms with Crippen molar-refractivity contribution in [2.24, 2.45) is 4.99 Å². The van der Waals surface area contributed by atoms with Gasteiger partial charge in [0.1, 0.15) is 11.6 Å². The predicted molar refractivity (Wildman–Crippen MR) is 97.3 cm³/mol. The number of hydrogen-bond donors (Lipinski definition) is 3. The molecule has 5 nitrogen and oxygen atoms in total. The third kappa shape index (κ3) is 7.07. The van der Waals surface area contributed by atoms with Crippen LogP contribution in [0, 0.1) is 5.82 Å². The molecular formula is C19H21F4N3O2. The predicted octanol–water partition coefficient (Wildman–Crippen LogP) is 3.51. The van der Waals surface area contributed by atoms with Gasteiger partial charge in [0.25, 0.3) is 0 Å². The fourth-order valence-corrected chi connectivity index (χ4v) is 2.36. The van der Waals surface area contributed by atoms with E-state index in [1.165, 1.54) is 42.5 Å². The highest BCUT2D eigenvalue weighted by Gasteiger charge is 2.31. The van der Waals surface area contributed by atoms with E-state index in [9.17, 15) is 22.7 Å². The molecule has 0 saturated heterocycles. The van der Waals surface area contributed by atoms with Gasteiger partial charge >= 0.3 is 6.36 Å². The molecule has 1 unspecified atom stereocenters. The molecule has 0 aromatic heterocycles. The van der Waals surface area contributed by atoms with Crippen LogP contribution in [0.2, 0.25) is 0 Å². The molecule has 0 spiro atoms. The van der Waals surface area contributed by atoms with Crippen LogP contribution in [0.15, 0.2) is 53.5 Å². The molecule has 9 heteroatoms. The largest absolute Gasteiger partial charge is 0.573 e. The van der Waals surface area contributed by atoms with Crippen molar-refractivity contribution in [1.82, 2.24) is 10.6 Å². The van der Waals surface area contributed by atoms with E-state index in [4.69, 9.17) is 0 Å². The van der Waals surface area contributed by atoms with Gasteiger partial charge in [-0.2, -0.15) is 0 Å². The molecule has 0 aliphatic heterocycles. The van der Waals surface area contributed by atoms with E-state index >= 15 is 0 Å². The van der Waals surface area contributed by atoms with Gasteiger partial charge in [-0.1, -0.05) is 30.3 Å². The Kier molecular flexibility index (Phi) is 7.62. The average Bonchev–Trinajstić information content (AvgIpc) is 2.64. The smallest absolute Gasteiger partial charge is 0.405 e. The molecule has 0 heterocycles. The molecule has 28 heavy (non-hydrogen) atoms. The number of rotatable bonds is 7. The molecular weight excluding hydrogens is 378 g/mol. The Morgan fingerprint density at radius 2 is 1.79 bits per heavy atom. The van der Waals surface area contributed by atoms with E-state index in [0.29, 0.717) is 18.1 Å². The number of benzene rings is 2. The Hall–Kier alpha value is -2.81. The summed E-state index contributed by atoms with van der Waals surface area (Å²) in [7, 11) is 0. The van der Waals surface area contributed by atoms with E-state index in [1.807, 2.05) is 6.92 Å². The molecule has 2 aromatic rings. The monoisotopic (exact) mass is 399 g/mol. The number of ether oxygens (including phenoxy) is 1. The average molecular weight is 399 g/mol. The fourth-order valence-electron chi connectivity index (χ4n) is 2.36. The number of hydrogen-bond acceptors (Lipinski definition) is 3.